The molecule has 26 heavy (non-hydrogen) atoms. The third-order valence-electron chi connectivity index (χ3n) is 4.44. The van der Waals surface area contributed by atoms with Crippen LogP contribution >= 0.6 is 15.9 Å². The van der Waals surface area contributed by atoms with Crippen molar-refractivity contribution in [2.45, 2.75) is 32.6 Å². The highest BCUT2D eigenvalue weighted by molar-refractivity contribution is 9.09. The lowest BCUT2D eigenvalue weighted by Crippen LogP contribution is -2.04. The minimum atomic E-state index is -0.0328. The Hall–Kier alpha value is -2.07. The van der Waals surface area contributed by atoms with Crippen LogP contribution < -0.4 is 10.2 Å². The molecule has 0 aliphatic carbocycles. The highest BCUT2D eigenvalue weighted by Crippen LogP contribution is 2.29. The van der Waals surface area contributed by atoms with E-state index in [1.165, 1.54) is 12.8 Å². The first kappa shape index (κ1) is 18.7. The predicted molar refractivity (Wildman–Crippen MR) is 110 cm³/mol. The quantitative estimate of drug-likeness (QED) is 0.330. The van der Waals surface area contributed by atoms with Gasteiger partial charge in [0.1, 0.15) is 17.1 Å². The lowest BCUT2D eigenvalue weighted by Gasteiger charge is -2.11. The van der Waals surface area contributed by atoms with Gasteiger partial charge in [-0.25, -0.2) is 0 Å². The zero-order valence-corrected chi connectivity index (χ0v) is 16.6. The van der Waals surface area contributed by atoms with Gasteiger partial charge in [-0.3, -0.25) is 4.79 Å². The van der Waals surface area contributed by atoms with Crippen LogP contribution in [0.25, 0.3) is 22.3 Å². The first-order chi connectivity index (χ1) is 12.7. The van der Waals surface area contributed by atoms with E-state index in [2.05, 4.69) is 15.9 Å². The van der Waals surface area contributed by atoms with E-state index in [1.807, 2.05) is 43.3 Å². The molecule has 0 spiro atoms. The molecular weight excluding hydrogens is 392 g/mol. The summed E-state index contributed by atoms with van der Waals surface area (Å²) in [5, 5.41) is 1.65. The Kier molecular flexibility index (Phi) is 6.51. The van der Waals surface area contributed by atoms with Gasteiger partial charge in [0.25, 0.3) is 0 Å². The van der Waals surface area contributed by atoms with E-state index in [0.29, 0.717) is 23.3 Å². The summed E-state index contributed by atoms with van der Waals surface area (Å²) in [4.78, 5) is 12.5. The number of halogens is 1. The molecule has 0 unspecified atom stereocenters. The maximum Gasteiger partial charge on any atom is 0.193 e. The minimum absolute atomic E-state index is 0.0328. The largest absolute Gasteiger partial charge is 0.493 e. The maximum absolute atomic E-state index is 12.5. The molecule has 0 N–H and O–H groups in total. The fourth-order valence-electron chi connectivity index (χ4n) is 2.97. The van der Waals surface area contributed by atoms with Gasteiger partial charge in [0, 0.05) is 22.5 Å². The molecule has 1 heterocycles. The van der Waals surface area contributed by atoms with Crippen molar-refractivity contribution in [3.05, 3.63) is 64.3 Å². The highest BCUT2D eigenvalue weighted by atomic mass is 79.9. The molecule has 3 rings (SSSR count). The summed E-state index contributed by atoms with van der Waals surface area (Å²) in [5.41, 5.74) is 2.34. The number of unbranched alkanes of at least 4 members (excludes halogenated alkanes) is 3. The second-order valence-corrected chi connectivity index (χ2v) is 7.15. The molecular formula is C22H23BrO3. The summed E-state index contributed by atoms with van der Waals surface area (Å²) in [7, 11) is 0. The Labute approximate surface area is 162 Å². The molecule has 3 nitrogen and oxygen atoms in total. The summed E-state index contributed by atoms with van der Waals surface area (Å²) < 4.78 is 12.0. The standard InChI is InChI=1S/C22H23BrO3/c1-16-20(25-14-8-3-2-7-13-23)12-11-18-19(24)15-21(26-22(16)18)17-9-5-4-6-10-17/h4-6,9-12,15H,2-3,7-8,13-14H2,1H3. The van der Waals surface area contributed by atoms with Crippen molar-refractivity contribution >= 4 is 26.9 Å². The Morgan fingerprint density at radius 3 is 2.54 bits per heavy atom. The molecule has 2 aromatic carbocycles. The fraction of sp³-hybridized carbons (Fsp3) is 0.318. The maximum atomic E-state index is 12.5. The molecule has 0 saturated carbocycles. The van der Waals surface area contributed by atoms with Crippen molar-refractivity contribution < 1.29 is 9.15 Å². The number of benzene rings is 2. The summed E-state index contributed by atoms with van der Waals surface area (Å²) in [6.45, 7) is 2.62. The Morgan fingerprint density at radius 2 is 1.77 bits per heavy atom. The zero-order chi connectivity index (χ0) is 18.4. The summed E-state index contributed by atoms with van der Waals surface area (Å²) in [5.74, 6) is 1.37. The van der Waals surface area contributed by atoms with Crippen LogP contribution in [-0.2, 0) is 0 Å². The van der Waals surface area contributed by atoms with Gasteiger partial charge in [0.15, 0.2) is 5.43 Å². The van der Waals surface area contributed by atoms with Gasteiger partial charge in [0.2, 0.25) is 0 Å². The number of hydrogen-bond donors (Lipinski definition) is 0. The summed E-state index contributed by atoms with van der Waals surface area (Å²) in [6.07, 6.45) is 4.59. The smallest absolute Gasteiger partial charge is 0.193 e. The molecule has 0 aliphatic heterocycles. The second kappa shape index (κ2) is 9.04. The SMILES string of the molecule is Cc1c(OCCCCCCBr)ccc2c(=O)cc(-c3ccccc3)oc12. The molecule has 4 heteroatoms. The number of rotatable bonds is 8. The number of aryl methyl sites for hydroxylation is 1. The monoisotopic (exact) mass is 414 g/mol. The van der Waals surface area contributed by atoms with Crippen LogP contribution in [0.2, 0.25) is 0 Å². The van der Waals surface area contributed by atoms with Crippen molar-refractivity contribution in [2.24, 2.45) is 0 Å². The van der Waals surface area contributed by atoms with Gasteiger partial charge in [-0.2, -0.15) is 0 Å². The molecule has 0 amide bonds. The number of alkyl halides is 1. The molecule has 0 fully saturated rings. The van der Waals surface area contributed by atoms with Crippen molar-refractivity contribution in [3.63, 3.8) is 0 Å². The van der Waals surface area contributed by atoms with E-state index in [4.69, 9.17) is 9.15 Å². The zero-order valence-electron chi connectivity index (χ0n) is 15.0. The lowest BCUT2D eigenvalue weighted by atomic mass is 10.1. The minimum Gasteiger partial charge on any atom is -0.493 e. The molecule has 0 atom stereocenters. The van der Waals surface area contributed by atoms with Crippen LogP contribution in [0, 0.1) is 6.92 Å². The van der Waals surface area contributed by atoms with Crippen LogP contribution in [0.1, 0.15) is 31.2 Å². The fourth-order valence-corrected chi connectivity index (χ4v) is 3.37. The molecule has 0 bridgehead atoms. The normalized spacial score (nSPS) is 11.0. The van der Waals surface area contributed by atoms with Crippen molar-refractivity contribution in [1.82, 2.24) is 0 Å². The van der Waals surface area contributed by atoms with Gasteiger partial charge in [-0.05, 0) is 31.9 Å². The predicted octanol–water partition coefficient (Wildman–Crippen LogP) is 6.10. The lowest BCUT2D eigenvalue weighted by molar-refractivity contribution is 0.303. The van der Waals surface area contributed by atoms with Crippen LogP contribution in [0.15, 0.2) is 57.7 Å². The van der Waals surface area contributed by atoms with Crippen LogP contribution in [0.3, 0.4) is 0 Å². The Bertz CT molecular complexity index is 916. The van der Waals surface area contributed by atoms with E-state index < -0.39 is 0 Å². The van der Waals surface area contributed by atoms with Crippen molar-refractivity contribution in [3.8, 4) is 17.1 Å². The van der Waals surface area contributed by atoms with Gasteiger partial charge in [-0.15, -0.1) is 0 Å². The van der Waals surface area contributed by atoms with Gasteiger partial charge in [0.05, 0.1) is 12.0 Å². The van der Waals surface area contributed by atoms with Gasteiger partial charge in [-0.1, -0.05) is 59.1 Å². The Morgan fingerprint density at radius 1 is 1.00 bits per heavy atom. The van der Waals surface area contributed by atoms with Gasteiger partial charge >= 0.3 is 0 Å². The van der Waals surface area contributed by atoms with Crippen LogP contribution in [0.5, 0.6) is 5.75 Å². The first-order valence-corrected chi connectivity index (χ1v) is 10.1. The van der Waals surface area contributed by atoms with E-state index in [-0.39, 0.29) is 5.43 Å². The van der Waals surface area contributed by atoms with Crippen molar-refractivity contribution in [2.75, 3.05) is 11.9 Å². The van der Waals surface area contributed by atoms with Crippen LogP contribution in [-0.4, -0.2) is 11.9 Å². The summed E-state index contributed by atoms with van der Waals surface area (Å²) in [6, 6.07) is 14.9. The molecule has 0 radical (unpaired) electrons. The van der Waals surface area contributed by atoms with E-state index in [1.54, 1.807) is 12.1 Å². The van der Waals surface area contributed by atoms with E-state index in [0.717, 1.165) is 35.0 Å². The topological polar surface area (TPSA) is 39.4 Å². The van der Waals surface area contributed by atoms with Crippen molar-refractivity contribution in [1.29, 1.82) is 0 Å². The van der Waals surface area contributed by atoms with Gasteiger partial charge < -0.3 is 9.15 Å². The molecule has 136 valence electrons. The average Bonchev–Trinajstić information content (AvgIpc) is 2.67. The third kappa shape index (κ3) is 4.36. The number of ether oxygens (including phenoxy) is 1. The molecule has 0 saturated heterocycles. The Balaban J connectivity index is 1.84. The highest BCUT2D eigenvalue weighted by Gasteiger charge is 2.12. The van der Waals surface area contributed by atoms with E-state index >= 15 is 0 Å². The number of hydrogen-bond acceptors (Lipinski definition) is 3. The average molecular weight is 415 g/mol. The number of fused-ring (bicyclic) bond motifs is 1. The molecule has 3 aromatic rings. The third-order valence-corrected chi connectivity index (χ3v) is 5.00. The summed E-state index contributed by atoms with van der Waals surface area (Å²) >= 11 is 3.45. The second-order valence-electron chi connectivity index (χ2n) is 6.36. The molecule has 0 aliphatic rings. The van der Waals surface area contributed by atoms with Crippen LogP contribution in [0.4, 0.5) is 0 Å². The van der Waals surface area contributed by atoms with E-state index in [9.17, 15) is 4.79 Å². The molecule has 1 aromatic heterocycles. The first-order valence-electron chi connectivity index (χ1n) is 9.02.